The third-order valence-corrected chi connectivity index (χ3v) is 2.53. The van der Waals surface area contributed by atoms with Crippen molar-refractivity contribution in [2.24, 2.45) is 0 Å². The first-order valence-electron chi connectivity index (χ1n) is 3.56. The quantitative estimate of drug-likeness (QED) is 0.494. The summed E-state index contributed by atoms with van der Waals surface area (Å²) in [4.78, 5) is 0. The normalized spacial score (nSPS) is 28.7. The lowest BCUT2D eigenvalue weighted by atomic mass is 10.2. The van der Waals surface area contributed by atoms with Gasteiger partial charge in [-0.2, -0.15) is 0 Å². The topological polar surface area (TPSA) is 20.1 Å². The zero-order chi connectivity index (χ0) is 7.68. The highest BCUT2D eigenvalue weighted by molar-refractivity contribution is 7.21. The summed E-state index contributed by atoms with van der Waals surface area (Å²) >= 11 is 0. The largest absolute Gasteiger partial charge is 0.256 e. The van der Waals surface area contributed by atoms with Gasteiger partial charge in [0.15, 0.2) is 0 Å². The SMILES string of the molecule is O=PN1CC1c1ccccc1. The van der Waals surface area contributed by atoms with E-state index in [9.17, 15) is 4.57 Å². The molecular formula is C8H8NOP. The molecule has 2 unspecified atom stereocenters. The van der Waals surface area contributed by atoms with Crippen molar-refractivity contribution >= 4 is 8.61 Å². The van der Waals surface area contributed by atoms with Crippen molar-refractivity contribution in [1.29, 1.82) is 0 Å². The monoisotopic (exact) mass is 165 g/mol. The lowest BCUT2D eigenvalue weighted by Gasteiger charge is -1.93. The van der Waals surface area contributed by atoms with Crippen molar-refractivity contribution in [1.82, 2.24) is 4.67 Å². The Hall–Kier alpha value is -0.720. The predicted octanol–water partition coefficient (Wildman–Crippen LogP) is 2.25. The summed E-state index contributed by atoms with van der Waals surface area (Å²) in [5, 5.41) is 0. The molecule has 1 heterocycles. The Morgan fingerprint density at radius 3 is 2.64 bits per heavy atom. The first-order valence-corrected chi connectivity index (χ1v) is 4.33. The zero-order valence-corrected chi connectivity index (χ0v) is 6.87. The summed E-state index contributed by atoms with van der Waals surface area (Å²) in [7, 11) is 0.146. The number of hydrogen-bond acceptors (Lipinski definition) is 1. The van der Waals surface area contributed by atoms with E-state index in [0.717, 1.165) is 6.54 Å². The smallest absolute Gasteiger partial charge is 0.249 e. The van der Waals surface area contributed by atoms with Gasteiger partial charge < -0.3 is 0 Å². The van der Waals surface area contributed by atoms with Gasteiger partial charge in [-0.3, -0.25) is 4.57 Å². The Balaban J connectivity index is 2.14. The van der Waals surface area contributed by atoms with Crippen LogP contribution in [-0.4, -0.2) is 11.2 Å². The maximum Gasteiger partial charge on any atom is 0.249 e. The number of hydrogen-bond donors (Lipinski definition) is 0. The molecule has 1 aliphatic rings. The molecule has 0 bridgehead atoms. The molecule has 0 radical (unpaired) electrons. The number of rotatable bonds is 2. The van der Waals surface area contributed by atoms with Gasteiger partial charge in [-0.25, -0.2) is 4.67 Å². The van der Waals surface area contributed by atoms with Gasteiger partial charge in [-0.15, -0.1) is 0 Å². The molecule has 1 aliphatic heterocycles. The van der Waals surface area contributed by atoms with Crippen LogP contribution in [0.15, 0.2) is 30.3 Å². The van der Waals surface area contributed by atoms with Crippen molar-refractivity contribution < 1.29 is 4.57 Å². The van der Waals surface area contributed by atoms with Gasteiger partial charge >= 0.3 is 0 Å². The fraction of sp³-hybridized carbons (Fsp3) is 0.250. The van der Waals surface area contributed by atoms with Crippen LogP contribution < -0.4 is 0 Å². The Labute approximate surface area is 67.1 Å². The lowest BCUT2D eigenvalue weighted by molar-refractivity contribution is 0.576. The molecule has 2 atom stereocenters. The minimum atomic E-state index is 0.146. The van der Waals surface area contributed by atoms with Gasteiger partial charge in [0.25, 0.3) is 0 Å². The maximum absolute atomic E-state index is 10.4. The molecule has 1 aromatic carbocycles. The van der Waals surface area contributed by atoms with Gasteiger partial charge in [-0.1, -0.05) is 30.3 Å². The highest BCUT2D eigenvalue weighted by Gasteiger charge is 2.35. The second-order valence-corrected chi connectivity index (χ2v) is 3.31. The molecule has 11 heavy (non-hydrogen) atoms. The highest BCUT2D eigenvalue weighted by Crippen LogP contribution is 2.39. The third-order valence-electron chi connectivity index (χ3n) is 1.88. The van der Waals surface area contributed by atoms with Crippen LogP contribution in [0.4, 0.5) is 0 Å². The average Bonchev–Trinajstić information content (AvgIpc) is 2.85. The molecule has 0 saturated carbocycles. The van der Waals surface area contributed by atoms with E-state index >= 15 is 0 Å². The van der Waals surface area contributed by atoms with Crippen LogP contribution in [-0.2, 0) is 4.57 Å². The van der Waals surface area contributed by atoms with Crippen molar-refractivity contribution in [3.8, 4) is 0 Å². The summed E-state index contributed by atoms with van der Waals surface area (Å²) in [6, 6.07) is 10.5. The van der Waals surface area contributed by atoms with Crippen molar-refractivity contribution in [2.45, 2.75) is 6.04 Å². The van der Waals surface area contributed by atoms with Crippen LogP contribution in [0.5, 0.6) is 0 Å². The van der Waals surface area contributed by atoms with Crippen molar-refractivity contribution in [3.63, 3.8) is 0 Å². The number of benzene rings is 1. The molecule has 1 aromatic rings. The molecule has 3 heteroatoms. The van der Waals surface area contributed by atoms with Crippen LogP contribution in [0.25, 0.3) is 0 Å². The van der Waals surface area contributed by atoms with Crippen LogP contribution in [0.2, 0.25) is 0 Å². The first-order chi connectivity index (χ1) is 5.42. The van der Waals surface area contributed by atoms with E-state index in [1.54, 1.807) is 0 Å². The van der Waals surface area contributed by atoms with Crippen LogP contribution >= 0.6 is 8.61 Å². The summed E-state index contributed by atoms with van der Waals surface area (Å²) in [5.74, 6) is 0. The van der Waals surface area contributed by atoms with Crippen molar-refractivity contribution in [3.05, 3.63) is 35.9 Å². The highest BCUT2D eigenvalue weighted by atomic mass is 31.1. The van der Waals surface area contributed by atoms with Gasteiger partial charge in [0, 0.05) is 6.54 Å². The van der Waals surface area contributed by atoms with Crippen molar-refractivity contribution in [2.75, 3.05) is 6.54 Å². The molecule has 1 saturated heterocycles. The molecule has 2 rings (SSSR count). The molecular weight excluding hydrogens is 157 g/mol. The second-order valence-electron chi connectivity index (χ2n) is 2.63. The molecule has 2 nitrogen and oxygen atoms in total. The van der Waals surface area contributed by atoms with Crippen LogP contribution in [0, 0.1) is 0 Å². The molecule has 0 aliphatic carbocycles. The van der Waals surface area contributed by atoms with E-state index in [4.69, 9.17) is 0 Å². The first kappa shape index (κ1) is 6.96. The fourth-order valence-corrected chi connectivity index (χ4v) is 1.64. The second kappa shape index (κ2) is 2.72. The lowest BCUT2D eigenvalue weighted by Crippen LogP contribution is -1.80. The standard InChI is InChI=1S/C8H8NOP/c10-11-9-6-8(9)7-4-2-1-3-5-7/h1-5,8H,6H2. The van der Waals surface area contributed by atoms with Crippen LogP contribution in [0.1, 0.15) is 11.6 Å². The molecule has 56 valence electrons. The Morgan fingerprint density at radius 2 is 2.09 bits per heavy atom. The zero-order valence-electron chi connectivity index (χ0n) is 5.97. The molecule has 0 N–H and O–H groups in total. The third kappa shape index (κ3) is 1.32. The molecule has 1 fully saturated rings. The average molecular weight is 165 g/mol. The van der Waals surface area contributed by atoms with E-state index in [2.05, 4.69) is 12.1 Å². The minimum absolute atomic E-state index is 0.146. The Bertz CT molecular complexity index is 262. The number of nitrogens with zero attached hydrogens (tertiary/aromatic N) is 1. The predicted molar refractivity (Wildman–Crippen MR) is 43.5 cm³/mol. The molecule has 0 amide bonds. The van der Waals surface area contributed by atoms with E-state index < -0.39 is 0 Å². The summed E-state index contributed by atoms with van der Waals surface area (Å²) in [6.07, 6.45) is 0. The summed E-state index contributed by atoms with van der Waals surface area (Å²) in [5.41, 5.74) is 1.26. The van der Waals surface area contributed by atoms with E-state index in [1.807, 2.05) is 22.9 Å². The Kier molecular flexibility index (Phi) is 1.72. The van der Waals surface area contributed by atoms with Crippen LogP contribution in [0.3, 0.4) is 0 Å². The van der Waals surface area contributed by atoms with Gasteiger partial charge in [0.05, 0.1) is 6.04 Å². The summed E-state index contributed by atoms with van der Waals surface area (Å²) in [6.45, 7) is 0.926. The molecule has 0 spiro atoms. The van der Waals surface area contributed by atoms with Gasteiger partial charge in [0.1, 0.15) is 0 Å². The summed E-state index contributed by atoms with van der Waals surface area (Å²) < 4.78 is 12.2. The Morgan fingerprint density at radius 1 is 1.36 bits per heavy atom. The van der Waals surface area contributed by atoms with E-state index in [-0.39, 0.29) is 8.61 Å². The molecule has 0 aromatic heterocycles. The van der Waals surface area contributed by atoms with Gasteiger partial charge in [-0.05, 0) is 5.56 Å². The van der Waals surface area contributed by atoms with Gasteiger partial charge in [0.2, 0.25) is 8.61 Å². The van der Waals surface area contributed by atoms with E-state index in [0.29, 0.717) is 6.04 Å². The maximum atomic E-state index is 10.4. The van der Waals surface area contributed by atoms with E-state index in [1.165, 1.54) is 5.56 Å². The fourth-order valence-electron chi connectivity index (χ4n) is 1.17. The minimum Gasteiger partial charge on any atom is -0.256 e.